The number of nitro benzene ring substituents is 1. The van der Waals surface area contributed by atoms with Crippen LogP contribution in [-0.2, 0) is 0 Å². The van der Waals surface area contributed by atoms with Crippen LogP contribution in [-0.4, -0.2) is 21.6 Å². The maximum Gasteiger partial charge on any atom is 0.297 e. The summed E-state index contributed by atoms with van der Waals surface area (Å²) < 4.78 is 5.84. The van der Waals surface area contributed by atoms with Crippen molar-refractivity contribution in [3.8, 4) is 0 Å². The third-order valence-electron chi connectivity index (χ3n) is 5.54. The number of halogens is 1. The largest absolute Gasteiger partial charge is 0.450 e. The Balaban J connectivity index is 1.82. The molecule has 0 spiro atoms. The Hall–Kier alpha value is -3.89. The first-order valence-electron chi connectivity index (χ1n) is 10.00. The van der Waals surface area contributed by atoms with Crippen molar-refractivity contribution < 1.29 is 18.9 Å². The highest BCUT2D eigenvalue weighted by molar-refractivity contribution is 7.17. The first kappa shape index (κ1) is 21.9. The van der Waals surface area contributed by atoms with Crippen molar-refractivity contribution in [1.82, 2.24) is 4.98 Å². The van der Waals surface area contributed by atoms with Crippen LogP contribution in [0.1, 0.15) is 50.0 Å². The highest BCUT2D eigenvalue weighted by atomic mass is 35.5. The standard InChI is InChI=1S/C23H14ClN3O6S/c1-10-21(11(2)28)34-23(25-10)26-18(12-4-3-5-14(8-12)27(31)32)17-19(29)15-9-13(24)6-7-16(15)33-20(17)22(26)30/h3-9,18H,1-2H3. The summed E-state index contributed by atoms with van der Waals surface area (Å²) in [6.07, 6.45) is 0. The topological polar surface area (TPSA) is 124 Å². The number of rotatable bonds is 4. The van der Waals surface area contributed by atoms with E-state index in [0.717, 1.165) is 11.3 Å². The van der Waals surface area contributed by atoms with Gasteiger partial charge in [-0.05, 0) is 30.7 Å². The number of carbonyl (C=O) groups excluding carboxylic acids is 2. The van der Waals surface area contributed by atoms with Crippen molar-refractivity contribution in [1.29, 1.82) is 0 Å². The molecule has 0 saturated heterocycles. The number of amides is 1. The van der Waals surface area contributed by atoms with Crippen molar-refractivity contribution in [3.05, 3.63) is 95.3 Å². The molecule has 4 aromatic rings. The number of aromatic nitrogens is 1. The van der Waals surface area contributed by atoms with Gasteiger partial charge in [0.25, 0.3) is 11.6 Å². The van der Waals surface area contributed by atoms with E-state index in [1.54, 1.807) is 13.0 Å². The molecule has 0 fully saturated rings. The van der Waals surface area contributed by atoms with Crippen LogP contribution >= 0.6 is 22.9 Å². The van der Waals surface area contributed by atoms with E-state index in [2.05, 4.69) is 4.98 Å². The Morgan fingerprint density at radius 3 is 2.68 bits per heavy atom. The monoisotopic (exact) mass is 495 g/mol. The first-order chi connectivity index (χ1) is 16.2. The number of thiazole rings is 1. The van der Waals surface area contributed by atoms with Gasteiger partial charge in [0, 0.05) is 24.1 Å². The fourth-order valence-electron chi connectivity index (χ4n) is 4.08. The van der Waals surface area contributed by atoms with E-state index in [-0.39, 0.29) is 38.9 Å². The Bertz CT molecular complexity index is 1610. The van der Waals surface area contributed by atoms with E-state index in [0.29, 0.717) is 21.2 Å². The molecule has 170 valence electrons. The van der Waals surface area contributed by atoms with Crippen molar-refractivity contribution >= 4 is 56.4 Å². The highest BCUT2D eigenvalue weighted by Crippen LogP contribution is 2.43. The molecule has 1 amide bonds. The van der Waals surface area contributed by atoms with Gasteiger partial charge in [0.1, 0.15) is 5.58 Å². The number of hydrogen-bond acceptors (Lipinski definition) is 8. The molecule has 9 nitrogen and oxygen atoms in total. The fourth-order valence-corrected chi connectivity index (χ4v) is 5.24. The van der Waals surface area contributed by atoms with Gasteiger partial charge in [-0.1, -0.05) is 35.1 Å². The number of fused-ring (bicyclic) bond motifs is 2. The summed E-state index contributed by atoms with van der Waals surface area (Å²) in [7, 11) is 0. The number of nitrogens with zero attached hydrogens (tertiary/aromatic N) is 3. The molecule has 1 aliphatic heterocycles. The lowest BCUT2D eigenvalue weighted by molar-refractivity contribution is -0.384. The molecule has 1 atom stereocenters. The van der Waals surface area contributed by atoms with Crippen LogP contribution in [0.3, 0.4) is 0 Å². The van der Waals surface area contributed by atoms with E-state index in [1.165, 1.54) is 48.2 Å². The molecule has 1 unspecified atom stereocenters. The Kier molecular flexibility index (Phi) is 5.07. The quantitative estimate of drug-likeness (QED) is 0.220. The summed E-state index contributed by atoms with van der Waals surface area (Å²) in [6.45, 7) is 3.04. The van der Waals surface area contributed by atoms with Gasteiger partial charge in [-0.2, -0.15) is 0 Å². The summed E-state index contributed by atoms with van der Waals surface area (Å²) in [6, 6.07) is 9.11. The second-order valence-corrected chi connectivity index (χ2v) is 9.13. The highest BCUT2D eigenvalue weighted by Gasteiger charge is 2.45. The number of benzene rings is 2. The number of ketones is 1. The number of aryl methyl sites for hydroxylation is 1. The van der Waals surface area contributed by atoms with E-state index in [1.807, 2.05) is 0 Å². The third-order valence-corrected chi connectivity index (χ3v) is 7.03. The van der Waals surface area contributed by atoms with Crippen molar-refractivity contribution in [3.63, 3.8) is 0 Å². The molecule has 2 aromatic heterocycles. The van der Waals surface area contributed by atoms with Gasteiger partial charge in [-0.3, -0.25) is 29.4 Å². The van der Waals surface area contributed by atoms with E-state index >= 15 is 0 Å². The van der Waals surface area contributed by atoms with Crippen molar-refractivity contribution in [2.45, 2.75) is 19.9 Å². The molecular formula is C23H14ClN3O6S. The van der Waals surface area contributed by atoms with Crippen LogP contribution in [0.2, 0.25) is 5.02 Å². The average Bonchev–Trinajstić information content (AvgIpc) is 3.32. The van der Waals surface area contributed by atoms with E-state index in [4.69, 9.17) is 16.0 Å². The lowest BCUT2D eigenvalue weighted by Crippen LogP contribution is -2.29. The Morgan fingerprint density at radius 1 is 1.24 bits per heavy atom. The fraction of sp³-hybridized carbons (Fsp3) is 0.130. The number of hydrogen-bond donors (Lipinski definition) is 0. The maximum atomic E-state index is 13.6. The maximum absolute atomic E-state index is 13.6. The number of anilines is 1. The van der Waals surface area contributed by atoms with Crippen LogP contribution in [0.5, 0.6) is 0 Å². The Morgan fingerprint density at radius 2 is 2.00 bits per heavy atom. The molecule has 5 rings (SSSR count). The molecule has 3 heterocycles. The smallest absolute Gasteiger partial charge is 0.297 e. The molecule has 2 aromatic carbocycles. The molecule has 0 saturated carbocycles. The third kappa shape index (κ3) is 3.30. The van der Waals surface area contributed by atoms with E-state index in [9.17, 15) is 24.5 Å². The molecular weight excluding hydrogens is 482 g/mol. The van der Waals surface area contributed by atoms with Crippen molar-refractivity contribution in [2.24, 2.45) is 0 Å². The molecule has 0 N–H and O–H groups in total. The summed E-state index contributed by atoms with van der Waals surface area (Å²) in [4.78, 5) is 56.0. The van der Waals surface area contributed by atoms with Gasteiger partial charge in [-0.25, -0.2) is 4.98 Å². The Labute approximate surface area is 200 Å². The van der Waals surface area contributed by atoms with Gasteiger partial charge < -0.3 is 4.42 Å². The molecule has 0 radical (unpaired) electrons. The van der Waals surface area contributed by atoms with Crippen LogP contribution in [0.25, 0.3) is 11.0 Å². The van der Waals surface area contributed by atoms with Crippen LogP contribution in [0.4, 0.5) is 10.8 Å². The minimum absolute atomic E-state index is 0.0255. The van der Waals surface area contributed by atoms with Crippen LogP contribution in [0, 0.1) is 17.0 Å². The minimum atomic E-state index is -1.05. The first-order valence-corrected chi connectivity index (χ1v) is 11.2. The van der Waals surface area contributed by atoms with Crippen LogP contribution < -0.4 is 10.3 Å². The van der Waals surface area contributed by atoms with Gasteiger partial charge in [0.15, 0.2) is 16.3 Å². The molecule has 11 heteroatoms. The summed E-state index contributed by atoms with van der Waals surface area (Å²) in [5.74, 6) is -1.04. The predicted octanol–water partition coefficient (Wildman–Crippen LogP) is 5.07. The van der Waals surface area contributed by atoms with Crippen LogP contribution in [0.15, 0.2) is 51.7 Å². The van der Waals surface area contributed by atoms with Gasteiger partial charge in [0.05, 0.1) is 32.5 Å². The normalized spacial score (nSPS) is 15.1. The number of carbonyl (C=O) groups is 2. The zero-order chi connectivity index (χ0) is 24.3. The summed E-state index contributed by atoms with van der Waals surface area (Å²) in [5, 5.41) is 12.1. The predicted molar refractivity (Wildman–Crippen MR) is 126 cm³/mol. The number of Topliss-reactive ketones (excluding diaryl/α,β-unsaturated/α-hetero) is 1. The second-order valence-electron chi connectivity index (χ2n) is 7.71. The number of non-ortho nitro benzene ring substituents is 1. The summed E-state index contributed by atoms with van der Waals surface area (Å²) in [5.41, 5.74) is 0.286. The molecule has 0 aliphatic carbocycles. The number of nitro groups is 1. The summed E-state index contributed by atoms with van der Waals surface area (Å²) >= 11 is 7.09. The molecule has 34 heavy (non-hydrogen) atoms. The lowest BCUT2D eigenvalue weighted by atomic mass is 9.98. The van der Waals surface area contributed by atoms with Gasteiger partial charge in [0.2, 0.25) is 5.76 Å². The molecule has 0 bridgehead atoms. The zero-order valence-corrected chi connectivity index (χ0v) is 19.3. The minimum Gasteiger partial charge on any atom is -0.450 e. The van der Waals surface area contributed by atoms with Gasteiger partial charge in [-0.15, -0.1) is 0 Å². The average molecular weight is 496 g/mol. The lowest BCUT2D eigenvalue weighted by Gasteiger charge is -2.22. The zero-order valence-electron chi connectivity index (χ0n) is 17.7. The second kappa shape index (κ2) is 7.86. The van der Waals surface area contributed by atoms with E-state index < -0.39 is 22.3 Å². The SMILES string of the molecule is CC(=O)c1sc(N2C(=O)c3oc4ccc(Cl)cc4c(=O)c3C2c2cccc([N+](=O)[O-])c2)nc1C. The van der Waals surface area contributed by atoms with Gasteiger partial charge >= 0.3 is 0 Å². The molecule has 1 aliphatic rings. The van der Waals surface area contributed by atoms with Crippen molar-refractivity contribution in [2.75, 3.05) is 4.90 Å².